The fourth-order valence-corrected chi connectivity index (χ4v) is 3.55. The van der Waals surface area contributed by atoms with Crippen molar-refractivity contribution in [1.29, 1.82) is 0 Å². The van der Waals surface area contributed by atoms with Crippen molar-refractivity contribution >= 4 is 0 Å². The van der Waals surface area contributed by atoms with Gasteiger partial charge in [0.1, 0.15) is 0 Å². The van der Waals surface area contributed by atoms with Crippen molar-refractivity contribution in [1.82, 2.24) is 10.2 Å². The van der Waals surface area contributed by atoms with Crippen LogP contribution in [0, 0.1) is 5.41 Å². The molecular formula is C16H34N2. The van der Waals surface area contributed by atoms with Crippen LogP contribution in [-0.2, 0) is 0 Å². The van der Waals surface area contributed by atoms with Gasteiger partial charge in [0.05, 0.1) is 0 Å². The molecule has 1 aliphatic rings. The summed E-state index contributed by atoms with van der Waals surface area (Å²) in [6, 6.07) is 0.718. The number of hydrogen-bond acceptors (Lipinski definition) is 2. The van der Waals surface area contributed by atoms with E-state index in [1.165, 1.54) is 45.3 Å². The molecule has 1 heterocycles. The molecule has 0 aromatic rings. The van der Waals surface area contributed by atoms with Crippen LogP contribution < -0.4 is 5.32 Å². The zero-order chi connectivity index (χ0) is 13.8. The van der Waals surface area contributed by atoms with Gasteiger partial charge in [-0.1, -0.05) is 27.7 Å². The minimum absolute atomic E-state index is 0.260. The highest BCUT2D eigenvalue weighted by Crippen LogP contribution is 2.28. The summed E-state index contributed by atoms with van der Waals surface area (Å²) in [6.45, 7) is 17.8. The summed E-state index contributed by atoms with van der Waals surface area (Å²) in [4.78, 5) is 2.61. The number of hydrogen-bond donors (Lipinski definition) is 1. The zero-order valence-electron chi connectivity index (χ0n) is 13.5. The fourth-order valence-electron chi connectivity index (χ4n) is 3.55. The van der Waals surface area contributed by atoms with Crippen LogP contribution in [0.15, 0.2) is 0 Å². The normalized spacial score (nSPS) is 20.3. The second-order valence-corrected chi connectivity index (χ2v) is 7.88. The van der Waals surface area contributed by atoms with Crippen molar-refractivity contribution in [3.63, 3.8) is 0 Å². The van der Waals surface area contributed by atoms with Gasteiger partial charge >= 0.3 is 0 Å². The first kappa shape index (κ1) is 16.0. The molecule has 1 fully saturated rings. The van der Waals surface area contributed by atoms with Crippen molar-refractivity contribution in [2.75, 3.05) is 19.6 Å². The topological polar surface area (TPSA) is 15.3 Å². The Hall–Kier alpha value is -0.0800. The van der Waals surface area contributed by atoms with Gasteiger partial charge in [-0.05, 0) is 64.6 Å². The van der Waals surface area contributed by atoms with E-state index in [4.69, 9.17) is 0 Å². The molecule has 0 aromatic heterocycles. The van der Waals surface area contributed by atoms with E-state index in [9.17, 15) is 0 Å². The first-order valence-corrected chi connectivity index (χ1v) is 7.72. The van der Waals surface area contributed by atoms with Gasteiger partial charge in [-0.25, -0.2) is 0 Å². The zero-order valence-corrected chi connectivity index (χ0v) is 13.5. The SMILES string of the molecule is CCCN1CCC(NC(C)(C)CC(C)(C)C)CC1. The quantitative estimate of drug-likeness (QED) is 0.805. The van der Waals surface area contributed by atoms with Gasteiger partial charge in [-0.3, -0.25) is 0 Å². The minimum atomic E-state index is 0.260. The maximum absolute atomic E-state index is 3.89. The molecule has 1 aliphatic heterocycles. The van der Waals surface area contributed by atoms with E-state index < -0.39 is 0 Å². The van der Waals surface area contributed by atoms with E-state index in [1.807, 2.05) is 0 Å². The number of nitrogens with zero attached hydrogens (tertiary/aromatic N) is 1. The van der Waals surface area contributed by atoms with Crippen LogP contribution in [0.5, 0.6) is 0 Å². The largest absolute Gasteiger partial charge is 0.309 e. The third-order valence-electron chi connectivity index (χ3n) is 3.69. The summed E-state index contributed by atoms with van der Waals surface area (Å²) >= 11 is 0. The molecule has 0 unspecified atom stereocenters. The van der Waals surface area contributed by atoms with E-state index in [2.05, 4.69) is 51.8 Å². The molecule has 18 heavy (non-hydrogen) atoms. The van der Waals surface area contributed by atoms with Crippen molar-refractivity contribution in [2.24, 2.45) is 5.41 Å². The fraction of sp³-hybridized carbons (Fsp3) is 1.00. The predicted octanol–water partition coefficient (Wildman–Crippen LogP) is 3.67. The van der Waals surface area contributed by atoms with Crippen LogP contribution in [-0.4, -0.2) is 36.1 Å². The van der Waals surface area contributed by atoms with E-state index >= 15 is 0 Å². The van der Waals surface area contributed by atoms with Crippen molar-refractivity contribution in [3.8, 4) is 0 Å². The average molecular weight is 254 g/mol. The van der Waals surface area contributed by atoms with Gasteiger partial charge in [-0.15, -0.1) is 0 Å². The van der Waals surface area contributed by atoms with E-state index in [1.54, 1.807) is 0 Å². The maximum atomic E-state index is 3.89. The third kappa shape index (κ3) is 6.19. The summed E-state index contributed by atoms with van der Waals surface area (Å²) < 4.78 is 0. The monoisotopic (exact) mass is 254 g/mol. The molecule has 0 aromatic carbocycles. The molecular weight excluding hydrogens is 220 g/mol. The molecule has 0 spiro atoms. The average Bonchev–Trinajstić information content (AvgIpc) is 2.17. The number of piperidine rings is 1. The van der Waals surface area contributed by atoms with Crippen molar-refractivity contribution < 1.29 is 0 Å². The summed E-state index contributed by atoms with van der Waals surface area (Å²) in [7, 11) is 0. The molecule has 0 amide bonds. The first-order valence-electron chi connectivity index (χ1n) is 7.72. The van der Waals surface area contributed by atoms with Crippen LogP contribution in [0.25, 0.3) is 0 Å². The summed E-state index contributed by atoms with van der Waals surface area (Å²) in [6.07, 6.45) is 5.14. The predicted molar refractivity (Wildman–Crippen MR) is 81.0 cm³/mol. The Labute approximate surface area is 115 Å². The molecule has 0 bridgehead atoms. The van der Waals surface area contributed by atoms with Gasteiger partial charge in [0.25, 0.3) is 0 Å². The lowest BCUT2D eigenvalue weighted by Crippen LogP contribution is -2.52. The Morgan fingerprint density at radius 2 is 1.61 bits per heavy atom. The lowest BCUT2D eigenvalue weighted by atomic mass is 9.81. The van der Waals surface area contributed by atoms with E-state index in [-0.39, 0.29) is 5.54 Å². The molecule has 108 valence electrons. The molecule has 0 saturated carbocycles. The lowest BCUT2D eigenvalue weighted by Gasteiger charge is -2.40. The molecule has 0 radical (unpaired) electrons. The van der Waals surface area contributed by atoms with Gasteiger partial charge in [0.2, 0.25) is 0 Å². The smallest absolute Gasteiger partial charge is 0.0132 e. The highest BCUT2D eigenvalue weighted by Gasteiger charge is 2.29. The van der Waals surface area contributed by atoms with Crippen molar-refractivity contribution in [2.45, 2.75) is 78.8 Å². The Balaban J connectivity index is 2.35. The Morgan fingerprint density at radius 3 is 2.06 bits per heavy atom. The van der Waals surface area contributed by atoms with Gasteiger partial charge in [-0.2, -0.15) is 0 Å². The third-order valence-corrected chi connectivity index (χ3v) is 3.69. The Morgan fingerprint density at radius 1 is 1.06 bits per heavy atom. The molecule has 2 nitrogen and oxygen atoms in total. The first-order chi connectivity index (χ1) is 8.22. The van der Waals surface area contributed by atoms with Crippen LogP contribution in [0.4, 0.5) is 0 Å². The number of nitrogens with one attached hydrogen (secondary N) is 1. The van der Waals surface area contributed by atoms with Gasteiger partial charge in [0.15, 0.2) is 0 Å². The molecule has 0 aliphatic carbocycles. The maximum Gasteiger partial charge on any atom is 0.0132 e. The lowest BCUT2D eigenvalue weighted by molar-refractivity contribution is 0.158. The molecule has 1 rings (SSSR count). The second-order valence-electron chi connectivity index (χ2n) is 7.88. The Kier molecular flexibility index (Phi) is 5.67. The standard InChI is InChI=1S/C16H34N2/c1-7-10-18-11-8-14(9-12-18)17-16(5,6)13-15(2,3)4/h14,17H,7-13H2,1-6H3. The van der Waals surface area contributed by atoms with Gasteiger partial charge < -0.3 is 10.2 Å². The molecule has 1 saturated heterocycles. The molecule has 0 atom stereocenters. The number of rotatable bonds is 5. The molecule has 2 heteroatoms. The van der Waals surface area contributed by atoms with E-state index in [0.717, 1.165) is 6.04 Å². The van der Waals surface area contributed by atoms with E-state index in [0.29, 0.717) is 5.41 Å². The summed E-state index contributed by atoms with van der Waals surface area (Å²) in [5.74, 6) is 0. The highest BCUT2D eigenvalue weighted by atomic mass is 15.1. The number of likely N-dealkylation sites (tertiary alicyclic amines) is 1. The summed E-state index contributed by atoms with van der Waals surface area (Å²) in [5.41, 5.74) is 0.662. The van der Waals surface area contributed by atoms with Gasteiger partial charge in [0, 0.05) is 11.6 Å². The van der Waals surface area contributed by atoms with Crippen LogP contribution >= 0.6 is 0 Å². The highest BCUT2D eigenvalue weighted by molar-refractivity contribution is 4.88. The Bertz CT molecular complexity index is 232. The van der Waals surface area contributed by atoms with Crippen molar-refractivity contribution in [3.05, 3.63) is 0 Å². The second kappa shape index (κ2) is 6.38. The van der Waals surface area contributed by atoms with Crippen LogP contribution in [0.1, 0.15) is 67.2 Å². The summed E-state index contributed by atoms with van der Waals surface area (Å²) in [5, 5.41) is 3.89. The van der Waals surface area contributed by atoms with Crippen LogP contribution in [0.3, 0.4) is 0 Å². The molecule has 1 N–H and O–H groups in total. The van der Waals surface area contributed by atoms with Crippen LogP contribution in [0.2, 0.25) is 0 Å². The minimum Gasteiger partial charge on any atom is -0.309 e.